The SMILES string of the molecule is COc1c(C#N)ccc(Cl)c1F. The van der Waals surface area contributed by atoms with E-state index in [1.807, 2.05) is 0 Å². The molecule has 0 saturated carbocycles. The molecule has 0 aromatic heterocycles. The molecule has 1 aromatic carbocycles. The molecule has 4 heteroatoms. The summed E-state index contributed by atoms with van der Waals surface area (Å²) in [6.07, 6.45) is 0. The third kappa shape index (κ3) is 1.34. The predicted molar refractivity (Wildman–Crippen MR) is 42.7 cm³/mol. The van der Waals surface area contributed by atoms with E-state index in [-0.39, 0.29) is 16.3 Å². The number of rotatable bonds is 1. The van der Waals surface area contributed by atoms with Gasteiger partial charge in [0.1, 0.15) is 6.07 Å². The first-order valence-corrected chi connectivity index (χ1v) is 3.50. The molecule has 0 spiro atoms. The predicted octanol–water partition coefficient (Wildman–Crippen LogP) is 2.36. The highest BCUT2D eigenvalue weighted by Crippen LogP contribution is 2.27. The lowest BCUT2D eigenvalue weighted by molar-refractivity contribution is 0.385. The second kappa shape index (κ2) is 3.42. The van der Waals surface area contributed by atoms with Crippen LogP contribution in [0.15, 0.2) is 12.1 Å². The molecule has 12 heavy (non-hydrogen) atoms. The van der Waals surface area contributed by atoms with E-state index in [4.69, 9.17) is 16.9 Å². The van der Waals surface area contributed by atoms with Crippen LogP contribution >= 0.6 is 11.6 Å². The van der Waals surface area contributed by atoms with Crippen LogP contribution in [0.25, 0.3) is 0 Å². The van der Waals surface area contributed by atoms with E-state index in [1.165, 1.54) is 19.2 Å². The van der Waals surface area contributed by atoms with Crippen molar-refractivity contribution in [2.24, 2.45) is 0 Å². The van der Waals surface area contributed by atoms with Gasteiger partial charge in [0.15, 0.2) is 11.6 Å². The lowest BCUT2D eigenvalue weighted by Crippen LogP contribution is -1.92. The molecule has 0 aliphatic carbocycles. The van der Waals surface area contributed by atoms with E-state index in [0.717, 1.165) is 0 Å². The van der Waals surface area contributed by atoms with Gasteiger partial charge in [-0.25, -0.2) is 4.39 Å². The Morgan fingerprint density at radius 1 is 1.58 bits per heavy atom. The summed E-state index contributed by atoms with van der Waals surface area (Å²) < 4.78 is 17.7. The maximum Gasteiger partial charge on any atom is 0.184 e. The van der Waals surface area contributed by atoms with E-state index in [2.05, 4.69) is 4.74 Å². The minimum absolute atomic E-state index is 0.0501. The zero-order valence-corrected chi connectivity index (χ0v) is 7.02. The van der Waals surface area contributed by atoms with Gasteiger partial charge in [-0.2, -0.15) is 5.26 Å². The van der Waals surface area contributed by atoms with E-state index in [0.29, 0.717) is 0 Å². The Hall–Kier alpha value is -1.27. The molecule has 62 valence electrons. The van der Waals surface area contributed by atoms with Crippen LogP contribution in [-0.2, 0) is 0 Å². The smallest absolute Gasteiger partial charge is 0.184 e. The van der Waals surface area contributed by atoms with Crippen LogP contribution in [-0.4, -0.2) is 7.11 Å². The van der Waals surface area contributed by atoms with Crippen molar-refractivity contribution in [1.29, 1.82) is 5.26 Å². The van der Waals surface area contributed by atoms with Gasteiger partial charge in [0, 0.05) is 0 Å². The first kappa shape index (κ1) is 8.82. The quantitative estimate of drug-likeness (QED) is 0.673. The molecular weight excluding hydrogens is 181 g/mol. The second-order valence-corrected chi connectivity index (χ2v) is 2.46. The Labute approximate surface area is 74.1 Å². The third-order valence-electron chi connectivity index (χ3n) is 1.37. The van der Waals surface area contributed by atoms with Crippen LogP contribution in [0.2, 0.25) is 5.02 Å². The molecular formula is C8H5ClFNO. The summed E-state index contributed by atoms with van der Waals surface area (Å²) in [5.74, 6) is -0.803. The molecule has 0 atom stereocenters. The van der Waals surface area contributed by atoms with Gasteiger partial charge in [0.2, 0.25) is 0 Å². The number of benzene rings is 1. The molecule has 0 amide bonds. The van der Waals surface area contributed by atoms with Crippen LogP contribution in [0, 0.1) is 17.1 Å². The Bertz CT molecular complexity index is 346. The van der Waals surface area contributed by atoms with Crippen molar-refractivity contribution in [2.45, 2.75) is 0 Å². The monoisotopic (exact) mass is 185 g/mol. The van der Waals surface area contributed by atoms with Crippen molar-refractivity contribution in [2.75, 3.05) is 7.11 Å². The standard InChI is InChI=1S/C8H5ClFNO/c1-12-8-5(4-11)2-3-6(9)7(8)10/h2-3H,1H3. The summed E-state index contributed by atoms with van der Waals surface area (Å²) in [6.45, 7) is 0. The summed E-state index contributed by atoms with van der Waals surface area (Å²) in [6, 6.07) is 4.52. The molecule has 0 fully saturated rings. The molecule has 0 unspecified atom stereocenters. The maximum atomic E-state index is 13.0. The Morgan fingerprint density at radius 3 is 2.75 bits per heavy atom. The number of hydrogen-bond acceptors (Lipinski definition) is 2. The van der Waals surface area contributed by atoms with E-state index >= 15 is 0 Å². The number of nitriles is 1. The molecule has 1 aromatic rings. The molecule has 0 aliphatic rings. The van der Waals surface area contributed by atoms with Crippen molar-refractivity contribution in [3.8, 4) is 11.8 Å². The van der Waals surface area contributed by atoms with Gasteiger partial charge in [-0.1, -0.05) is 11.6 Å². The van der Waals surface area contributed by atoms with Gasteiger partial charge in [-0.15, -0.1) is 0 Å². The lowest BCUT2D eigenvalue weighted by atomic mass is 10.2. The van der Waals surface area contributed by atoms with E-state index < -0.39 is 5.82 Å². The van der Waals surface area contributed by atoms with Gasteiger partial charge in [0.25, 0.3) is 0 Å². The first-order chi connectivity index (χ1) is 5.70. The molecule has 0 bridgehead atoms. The van der Waals surface area contributed by atoms with Gasteiger partial charge >= 0.3 is 0 Å². The Kier molecular flexibility index (Phi) is 2.51. The maximum absolute atomic E-state index is 13.0. The van der Waals surface area contributed by atoms with Crippen LogP contribution in [0.3, 0.4) is 0 Å². The molecule has 0 aliphatic heterocycles. The molecule has 0 radical (unpaired) electrons. The van der Waals surface area contributed by atoms with Crippen molar-refractivity contribution >= 4 is 11.6 Å². The van der Waals surface area contributed by atoms with Crippen LogP contribution in [0.1, 0.15) is 5.56 Å². The highest BCUT2D eigenvalue weighted by Gasteiger charge is 2.11. The number of hydrogen-bond donors (Lipinski definition) is 0. The summed E-state index contributed by atoms with van der Waals surface area (Å²) in [7, 11) is 1.29. The topological polar surface area (TPSA) is 33.0 Å². The van der Waals surface area contributed by atoms with E-state index in [1.54, 1.807) is 6.07 Å². The summed E-state index contributed by atoms with van der Waals surface area (Å²) in [5, 5.41) is 8.47. The minimum Gasteiger partial charge on any atom is -0.492 e. The number of ether oxygens (including phenoxy) is 1. The Morgan fingerprint density at radius 2 is 2.25 bits per heavy atom. The first-order valence-electron chi connectivity index (χ1n) is 3.12. The lowest BCUT2D eigenvalue weighted by Gasteiger charge is -2.03. The minimum atomic E-state index is -0.696. The van der Waals surface area contributed by atoms with Gasteiger partial charge in [0.05, 0.1) is 17.7 Å². The van der Waals surface area contributed by atoms with Gasteiger partial charge in [-0.05, 0) is 12.1 Å². The fourth-order valence-corrected chi connectivity index (χ4v) is 0.968. The van der Waals surface area contributed by atoms with Crippen molar-refractivity contribution in [1.82, 2.24) is 0 Å². The molecule has 2 nitrogen and oxygen atoms in total. The second-order valence-electron chi connectivity index (χ2n) is 2.05. The van der Waals surface area contributed by atoms with Gasteiger partial charge < -0.3 is 4.74 Å². The third-order valence-corrected chi connectivity index (χ3v) is 1.67. The van der Waals surface area contributed by atoms with Gasteiger partial charge in [-0.3, -0.25) is 0 Å². The fraction of sp³-hybridized carbons (Fsp3) is 0.125. The molecule has 0 saturated heterocycles. The number of halogens is 2. The summed E-state index contributed by atoms with van der Waals surface area (Å²) in [5.41, 5.74) is 0.138. The highest BCUT2D eigenvalue weighted by atomic mass is 35.5. The number of nitrogens with zero attached hydrogens (tertiary/aromatic N) is 1. The summed E-state index contributed by atoms with van der Waals surface area (Å²) >= 11 is 5.46. The van der Waals surface area contributed by atoms with Crippen molar-refractivity contribution < 1.29 is 9.13 Å². The summed E-state index contributed by atoms with van der Waals surface area (Å²) in [4.78, 5) is 0. The van der Waals surface area contributed by atoms with Crippen molar-refractivity contribution in [3.63, 3.8) is 0 Å². The molecule has 1 rings (SSSR count). The van der Waals surface area contributed by atoms with Crippen LogP contribution in [0.4, 0.5) is 4.39 Å². The average Bonchev–Trinajstić information content (AvgIpc) is 2.09. The Balaban J connectivity index is 3.38. The van der Waals surface area contributed by atoms with Crippen LogP contribution in [0.5, 0.6) is 5.75 Å². The zero-order chi connectivity index (χ0) is 9.14. The molecule has 0 N–H and O–H groups in total. The average molecular weight is 186 g/mol. The van der Waals surface area contributed by atoms with Crippen molar-refractivity contribution in [3.05, 3.63) is 28.5 Å². The highest BCUT2D eigenvalue weighted by molar-refractivity contribution is 6.30. The largest absolute Gasteiger partial charge is 0.492 e. The van der Waals surface area contributed by atoms with E-state index in [9.17, 15) is 4.39 Å². The van der Waals surface area contributed by atoms with Crippen LogP contribution < -0.4 is 4.74 Å². The molecule has 0 heterocycles. The fourth-order valence-electron chi connectivity index (χ4n) is 0.820. The normalized spacial score (nSPS) is 9.17. The number of methoxy groups -OCH3 is 1. The zero-order valence-electron chi connectivity index (χ0n) is 6.27.